The summed E-state index contributed by atoms with van der Waals surface area (Å²) in [6.07, 6.45) is 9.93. The SMILES string of the molecule is BC(B)(CC[C@H]1CC[C@H]2[C@@H]3[C@H](O)[C@H](CC)[C@@H]4C[C@H](O)CC[C@]4(C)[C@H]3CC[C@]12C)C(=O)O. The summed E-state index contributed by atoms with van der Waals surface area (Å²) in [7, 11) is 3.71. The van der Waals surface area contributed by atoms with Gasteiger partial charge in [0, 0.05) is 5.21 Å². The Bertz CT molecular complexity index is 699. The fraction of sp³-hybridized carbons (Fsp3) is 0.960. The molecule has 6 heteroatoms. The first-order valence-corrected chi connectivity index (χ1v) is 13.0. The Kier molecular flexibility index (Phi) is 6.17. The molecule has 4 aliphatic rings. The second-order valence-electron chi connectivity index (χ2n) is 12.9. The van der Waals surface area contributed by atoms with Gasteiger partial charge in [0.1, 0.15) is 15.7 Å². The van der Waals surface area contributed by atoms with Crippen LogP contribution in [0.25, 0.3) is 0 Å². The standard InChI is InChI=1S/C25H44B2O4/c1-4-16-19-13-15(28)8-10-24(19,3)18-9-11-23(2)14(7-12-25(26,27)22(30)31)5-6-17(23)20(18)21(16)29/h14-21,28-29H,4-13,26-27H2,1-3H3,(H,30,31)/t14-,15-,16-,17+,18+,19+,20+,21-,23-,24-/m1/s1. The van der Waals surface area contributed by atoms with E-state index in [9.17, 15) is 20.1 Å². The molecule has 4 fully saturated rings. The van der Waals surface area contributed by atoms with Gasteiger partial charge in [-0.05, 0) is 91.3 Å². The predicted octanol–water partition coefficient (Wildman–Crippen LogP) is 2.86. The van der Waals surface area contributed by atoms with Crippen molar-refractivity contribution >= 4 is 21.7 Å². The zero-order valence-electron chi connectivity index (χ0n) is 20.4. The third kappa shape index (κ3) is 3.63. The fourth-order valence-corrected chi connectivity index (χ4v) is 9.18. The van der Waals surface area contributed by atoms with Crippen molar-refractivity contribution in [2.75, 3.05) is 0 Å². The van der Waals surface area contributed by atoms with Crippen molar-refractivity contribution in [1.82, 2.24) is 0 Å². The van der Waals surface area contributed by atoms with E-state index in [0.29, 0.717) is 35.5 Å². The highest BCUT2D eigenvalue weighted by Gasteiger charge is 2.64. The molecule has 4 saturated carbocycles. The van der Waals surface area contributed by atoms with E-state index in [2.05, 4.69) is 20.8 Å². The summed E-state index contributed by atoms with van der Waals surface area (Å²) < 4.78 is 0. The summed E-state index contributed by atoms with van der Waals surface area (Å²) in [6.45, 7) is 7.18. The van der Waals surface area contributed by atoms with E-state index in [1.807, 2.05) is 15.7 Å². The number of aliphatic hydroxyl groups is 2. The van der Waals surface area contributed by atoms with Gasteiger partial charge >= 0.3 is 0 Å². The molecule has 0 aromatic heterocycles. The molecule has 0 aromatic rings. The smallest absolute Gasteiger partial charge is 0.293 e. The van der Waals surface area contributed by atoms with Gasteiger partial charge in [0.05, 0.1) is 12.2 Å². The molecule has 0 aliphatic heterocycles. The van der Waals surface area contributed by atoms with E-state index >= 15 is 0 Å². The highest BCUT2D eigenvalue weighted by molar-refractivity contribution is 6.49. The van der Waals surface area contributed by atoms with Crippen LogP contribution in [0.15, 0.2) is 0 Å². The van der Waals surface area contributed by atoms with Crippen molar-refractivity contribution in [3.8, 4) is 0 Å². The normalized spacial score (nSPS) is 49.7. The number of hydrogen-bond donors (Lipinski definition) is 3. The molecule has 0 radical (unpaired) electrons. The van der Waals surface area contributed by atoms with E-state index in [1.54, 1.807) is 0 Å². The number of carbonyl (C=O) groups is 1. The molecule has 4 aliphatic carbocycles. The molecule has 174 valence electrons. The van der Waals surface area contributed by atoms with Crippen LogP contribution in [-0.4, -0.2) is 49.2 Å². The Labute approximate surface area is 190 Å². The van der Waals surface area contributed by atoms with E-state index in [1.165, 1.54) is 25.7 Å². The molecule has 0 unspecified atom stereocenters. The predicted molar refractivity (Wildman–Crippen MR) is 128 cm³/mol. The summed E-state index contributed by atoms with van der Waals surface area (Å²) >= 11 is 0. The summed E-state index contributed by atoms with van der Waals surface area (Å²) in [5, 5.41) is 31.1. The van der Waals surface area contributed by atoms with Gasteiger partial charge in [-0.15, -0.1) is 0 Å². The molecule has 0 aromatic carbocycles. The molecular weight excluding hydrogens is 386 g/mol. The lowest BCUT2D eigenvalue weighted by atomic mass is 9.41. The van der Waals surface area contributed by atoms with Crippen molar-refractivity contribution < 1.29 is 20.1 Å². The minimum absolute atomic E-state index is 0.196. The molecule has 0 heterocycles. The maximum Gasteiger partial charge on any atom is 0.293 e. The van der Waals surface area contributed by atoms with Crippen molar-refractivity contribution in [2.24, 2.45) is 46.3 Å². The highest BCUT2D eigenvalue weighted by atomic mass is 16.4. The summed E-state index contributed by atoms with van der Waals surface area (Å²) in [6, 6.07) is 0. The van der Waals surface area contributed by atoms with Crippen LogP contribution < -0.4 is 0 Å². The highest BCUT2D eigenvalue weighted by Crippen LogP contribution is 2.69. The largest absolute Gasteiger partial charge is 0.482 e. The van der Waals surface area contributed by atoms with Gasteiger partial charge < -0.3 is 15.3 Å². The number of carboxylic acids is 1. The third-order valence-corrected chi connectivity index (χ3v) is 11.3. The quantitative estimate of drug-likeness (QED) is 0.587. The molecule has 10 atom stereocenters. The Hall–Kier alpha value is -0.480. The van der Waals surface area contributed by atoms with Gasteiger partial charge in [-0.1, -0.05) is 40.0 Å². The Morgan fingerprint density at radius 1 is 1.00 bits per heavy atom. The molecule has 0 saturated heterocycles. The Morgan fingerprint density at radius 3 is 2.29 bits per heavy atom. The fourth-order valence-electron chi connectivity index (χ4n) is 9.18. The van der Waals surface area contributed by atoms with Gasteiger partial charge in [0.2, 0.25) is 0 Å². The first-order valence-electron chi connectivity index (χ1n) is 13.0. The Morgan fingerprint density at radius 2 is 1.65 bits per heavy atom. The number of aliphatic hydroxyl groups excluding tert-OH is 2. The van der Waals surface area contributed by atoms with Crippen LogP contribution in [0.3, 0.4) is 0 Å². The molecule has 3 N–H and O–H groups in total. The average Bonchev–Trinajstić information content (AvgIpc) is 3.04. The second kappa shape index (κ2) is 8.08. The van der Waals surface area contributed by atoms with Gasteiger partial charge in [-0.25, -0.2) is 0 Å². The minimum atomic E-state index is -0.692. The lowest BCUT2D eigenvalue weighted by Crippen LogP contribution is -2.62. The van der Waals surface area contributed by atoms with Crippen LogP contribution in [0.4, 0.5) is 0 Å². The van der Waals surface area contributed by atoms with Crippen LogP contribution in [0.2, 0.25) is 5.21 Å². The maximum atomic E-state index is 11.7. The molecule has 0 bridgehead atoms. The molecular formula is C25H44B2O4. The summed E-state index contributed by atoms with van der Waals surface area (Å²) in [4.78, 5) is 11.6. The molecule has 0 spiro atoms. The molecule has 4 nitrogen and oxygen atoms in total. The monoisotopic (exact) mass is 430 g/mol. The van der Waals surface area contributed by atoms with Gasteiger partial charge in [0.15, 0.2) is 0 Å². The van der Waals surface area contributed by atoms with Crippen molar-refractivity contribution in [3.05, 3.63) is 0 Å². The molecule has 31 heavy (non-hydrogen) atoms. The van der Waals surface area contributed by atoms with Crippen molar-refractivity contribution in [2.45, 2.75) is 102 Å². The van der Waals surface area contributed by atoms with Crippen molar-refractivity contribution in [3.63, 3.8) is 0 Å². The first-order chi connectivity index (χ1) is 14.5. The summed E-state index contributed by atoms with van der Waals surface area (Å²) in [5.74, 6) is 2.11. The zero-order chi connectivity index (χ0) is 22.8. The number of hydrogen-bond acceptors (Lipinski definition) is 3. The number of carboxylic acid groups (broad SMARTS) is 1. The van der Waals surface area contributed by atoms with E-state index in [4.69, 9.17) is 0 Å². The zero-order valence-corrected chi connectivity index (χ0v) is 20.4. The van der Waals surface area contributed by atoms with Gasteiger partial charge in [-0.3, -0.25) is 4.79 Å². The Balaban J connectivity index is 1.59. The lowest BCUT2D eigenvalue weighted by Gasteiger charge is -2.64. The summed E-state index contributed by atoms with van der Waals surface area (Å²) in [5.41, 5.74) is 0.473. The number of fused-ring (bicyclic) bond motifs is 5. The number of aliphatic carboxylic acids is 1. The van der Waals surface area contributed by atoms with Crippen LogP contribution in [-0.2, 0) is 4.79 Å². The lowest BCUT2D eigenvalue weighted by molar-refractivity contribution is -0.202. The third-order valence-electron chi connectivity index (χ3n) is 11.3. The van der Waals surface area contributed by atoms with Crippen LogP contribution in [0.5, 0.6) is 0 Å². The average molecular weight is 430 g/mol. The van der Waals surface area contributed by atoms with Crippen LogP contribution in [0, 0.1) is 46.3 Å². The van der Waals surface area contributed by atoms with Gasteiger partial charge in [0.25, 0.3) is 5.97 Å². The van der Waals surface area contributed by atoms with E-state index < -0.39 is 11.2 Å². The second-order valence-corrected chi connectivity index (χ2v) is 12.9. The van der Waals surface area contributed by atoms with Crippen molar-refractivity contribution in [1.29, 1.82) is 0 Å². The molecule has 4 rings (SSSR count). The van der Waals surface area contributed by atoms with E-state index in [0.717, 1.165) is 38.5 Å². The minimum Gasteiger partial charge on any atom is -0.482 e. The number of rotatable bonds is 5. The topological polar surface area (TPSA) is 77.8 Å². The van der Waals surface area contributed by atoms with Crippen LogP contribution in [0.1, 0.15) is 85.0 Å². The van der Waals surface area contributed by atoms with E-state index in [-0.39, 0.29) is 23.0 Å². The first kappa shape index (κ1) is 23.7. The van der Waals surface area contributed by atoms with Crippen LogP contribution >= 0.6 is 0 Å². The maximum absolute atomic E-state index is 11.7. The van der Waals surface area contributed by atoms with Gasteiger partial charge in [-0.2, -0.15) is 0 Å². The molecule has 0 amide bonds.